The second-order valence-electron chi connectivity index (χ2n) is 3.46. The first-order valence-electron chi connectivity index (χ1n) is 5.06. The van der Waals surface area contributed by atoms with Crippen LogP contribution in [0.2, 0.25) is 0 Å². The molecule has 1 rings (SSSR count). The number of alkyl halides is 2. The predicted molar refractivity (Wildman–Crippen MR) is 62.1 cm³/mol. The lowest BCUT2D eigenvalue weighted by molar-refractivity contribution is -0.174. The lowest BCUT2D eigenvalue weighted by atomic mass is 10.0. The van der Waals surface area contributed by atoms with Gasteiger partial charge >= 0.3 is 11.9 Å². The molecule has 108 valence electrons. The van der Waals surface area contributed by atoms with E-state index in [0.717, 1.165) is 18.2 Å². The Kier molecular flexibility index (Phi) is 6.24. The van der Waals surface area contributed by atoms with Crippen LogP contribution in [0.1, 0.15) is 18.5 Å². The fourth-order valence-electron chi connectivity index (χ4n) is 1.31. The molecule has 0 radical (unpaired) electrons. The quantitative estimate of drug-likeness (QED) is 0.687. The van der Waals surface area contributed by atoms with E-state index in [1.54, 1.807) is 0 Å². The van der Waals surface area contributed by atoms with Crippen LogP contribution in [0.5, 0.6) is 0 Å². The van der Waals surface area contributed by atoms with Gasteiger partial charge in [0.15, 0.2) is 11.6 Å². The highest BCUT2D eigenvalue weighted by Gasteiger charge is 2.48. The van der Waals surface area contributed by atoms with Crippen molar-refractivity contribution >= 4 is 18.4 Å². The maximum absolute atomic E-state index is 13.5. The highest BCUT2D eigenvalue weighted by molar-refractivity contribution is 5.85. The Bertz CT molecular complexity index is 456. The Balaban J connectivity index is 0.00000324. The number of hydrogen-bond donors (Lipinski definition) is 1. The lowest BCUT2D eigenvalue weighted by Gasteiger charge is -2.22. The van der Waals surface area contributed by atoms with Crippen molar-refractivity contribution in [3.8, 4) is 0 Å². The van der Waals surface area contributed by atoms with Crippen LogP contribution < -0.4 is 5.73 Å². The first-order valence-corrected chi connectivity index (χ1v) is 5.06. The van der Waals surface area contributed by atoms with Gasteiger partial charge in [-0.3, -0.25) is 0 Å². The van der Waals surface area contributed by atoms with Crippen LogP contribution in [-0.4, -0.2) is 18.5 Å². The SMILES string of the molecule is CCOC(=O)C(F)(F)[C@H](N)c1cccc(F)c1F.Cl. The van der Waals surface area contributed by atoms with Crippen LogP contribution in [0.3, 0.4) is 0 Å². The summed E-state index contributed by atoms with van der Waals surface area (Å²) in [5.74, 6) is -8.83. The van der Waals surface area contributed by atoms with Crippen LogP contribution in [0.25, 0.3) is 0 Å². The van der Waals surface area contributed by atoms with E-state index in [1.165, 1.54) is 6.92 Å². The molecular weight excluding hydrogens is 290 g/mol. The van der Waals surface area contributed by atoms with Gasteiger partial charge in [-0.2, -0.15) is 8.78 Å². The van der Waals surface area contributed by atoms with Crippen molar-refractivity contribution in [2.24, 2.45) is 5.73 Å². The van der Waals surface area contributed by atoms with E-state index in [1.807, 2.05) is 0 Å². The van der Waals surface area contributed by atoms with Crippen molar-refractivity contribution in [3.05, 3.63) is 35.4 Å². The summed E-state index contributed by atoms with van der Waals surface area (Å²) < 4.78 is 57.3. The minimum atomic E-state index is -4.13. The number of carbonyl (C=O) groups is 1. The van der Waals surface area contributed by atoms with Gasteiger partial charge in [0.2, 0.25) is 0 Å². The first-order chi connectivity index (χ1) is 8.32. The molecule has 0 heterocycles. The van der Waals surface area contributed by atoms with Gasteiger partial charge in [-0.05, 0) is 13.0 Å². The molecular formula is C11H12ClF4NO2. The molecule has 1 atom stereocenters. The van der Waals surface area contributed by atoms with Gasteiger partial charge in [-0.25, -0.2) is 13.6 Å². The van der Waals surface area contributed by atoms with Crippen LogP contribution in [0.4, 0.5) is 17.6 Å². The maximum Gasteiger partial charge on any atom is 0.379 e. The summed E-state index contributed by atoms with van der Waals surface area (Å²) in [4.78, 5) is 11.0. The Morgan fingerprint density at radius 2 is 2.00 bits per heavy atom. The van der Waals surface area contributed by atoms with Gasteiger partial charge in [0.1, 0.15) is 6.04 Å². The molecule has 0 aromatic heterocycles. The Hall–Kier alpha value is -1.34. The topological polar surface area (TPSA) is 52.3 Å². The van der Waals surface area contributed by atoms with Crippen LogP contribution in [0, 0.1) is 11.6 Å². The molecule has 0 aliphatic rings. The summed E-state index contributed by atoms with van der Waals surface area (Å²) in [5.41, 5.74) is 4.33. The third-order valence-corrected chi connectivity index (χ3v) is 2.25. The summed E-state index contributed by atoms with van der Waals surface area (Å²) in [6.07, 6.45) is 0. The van der Waals surface area contributed by atoms with Gasteiger partial charge < -0.3 is 10.5 Å². The monoisotopic (exact) mass is 301 g/mol. The predicted octanol–water partition coefficient (Wildman–Crippen LogP) is 2.58. The zero-order chi connectivity index (χ0) is 13.9. The minimum absolute atomic E-state index is 0. The normalized spacial score (nSPS) is 12.5. The highest BCUT2D eigenvalue weighted by atomic mass is 35.5. The third kappa shape index (κ3) is 3.57. The zero-order valence-electron chi connectivity index (χ0n) is 9.83. The molecule has 1 aromatic carbocycles. The molecule has 19 heavy (non-hydrogen) atoms. The second-order valence-corrected chi connectivity index (χ2v) is 3.46. The summed E-state index contributed by atoms with van der Waals surface area (Å²) >= 11 is 0. The number of benzene rings is 1. The number of esters is 1. The van der Waals surface area contributed by atoms with E-state index in [0.29, 0.717) is 0 Å². The standard InChI is InChI=1S/C11H11F4NO2.ClH/c1-2-18-10(17)11(14,15)9(16)6-4-3-5-7(12)8(6)13;/h3-5,9H,2,16H2,1H3;1H/t9-;/m1./s1. The van der Waals surface area contributed by atoms with Gasteiger partial charge in [0, 0.05) is 5.56 Å². The Morgan fingerprint density at radius 3 is 2.53 bits per heavy atom. The van der Waals surface area contributed by atoms with Crippen LogP contribution in [0.15, 0.2) is 18.2 Å². The van der Waals surface area contributed by atoms with Crippen molar-refractivity contribution in [2.45, 2.75) is 18.9 Å². The van der Waals surface area contributed by atoms with Crippen molar-refractivity contribution in [2.75, 3.05) is 6.61 Å². The van der Waals surface area contributed by atoms with E-state index in [-0.39, 0.29) is 19.0 Å². The summed E-state index contributed by atoms with van der Waals surface area (Å²) in [6.45, 7) is 1.06. The average molecular weight is 302 g/mol. The second kappa shape index (κ2) is 6.72. The van der Waals surface area contributed by atoms with Crippen molar-refractivity contribution < 1.29 is 27.1 Å². The van der Waals surface area contributed by atoms with Gasteiger partial charge in [-0.1, -0.05) is 12.1 Å². The van der Waals surface area contributed by atoms with E-state index < -0.39 is 35.1 Å². The molecule has 0 aliphatic carbocycles. The molecule has 0 amide bonds. The molecule has 0 saturated carbocycles. The molecule has 0 spiro atoms. The molecule has 0 bridgehead atoms. The van der Waals surface area contributed by atoms with Gasteiger partial charge in [-0.15, -0.1) is 12.4 Å². The molecule has 8 heteroatoms. The van der Waals surface area contributed by atoms with E-state index in [2.05, 4.69) is 4.74 Å². The fourth-order valence-corrected chi connectivity index (χ4v) is 1.31. The number of hydrogen-bond acceptors (Lipinski definition) is 3. The van der Waals surface area contributed by atoms with E-state index >= 15 is 0 Å². The number of rotatable bonds is 4. The summed E-state index contributed by atoms with van der Waals surface area (Å²) in [5, 5.41) is 0. The van der Waals surface area contributed by atoms with Crippen molar-refractivity contribution in [3.63, 3.8) is 0 Å². The van der Waals surface area contributed by atoms with Crippen molar-refractivity contribution in [1.82, 2.24) is 0 Å². The number of carbonyl (C=O) groups excluding carboxylic acids is 1. The van der Waals surface area contributed by atoms with Crippen LogP contribution in [-0.2, 0) is 9.53 Å². The first kappa shape index (κ1) is 17.7. The van der Waals surface area contributed by atoms with Gasteiger partial charge in [0.05, 0.1) is 6.61 Å². The minimum Gasteiger partial charge on any atom is -0.462 e. The molecule has 2 N–H and O–H groups in total. The molecule has 3 nitrogen and oxygen atoms in total. The average Bonchev–Trinajstić information content (AvgIpc) is 2.32. The zero-order valence-corrected chi connectivity index (χ0v) is 10.6. The summed E-state index contributed by atoms with van der Waals surface area (Å²) in [7, 11) is 0. The molecule has 0 saturated heterocycles. The molecule has 0 fully saturated rings. The maximum atomic E-state index is 13.5. The highest BCUT2D eigenvalue weighted by Crippen LogP contribution is 2.32. The Morgan fingerprint density at radius 1 is 1.42 bits per heavy atom. The summed E-state index contributed by atoms with van der Waals surface area (Å²) in [6, 6.07) is 0.353. The van der Waals surface area contributed by atoms with Crippen molar-refractivity contribution in [1.29, 1.82) is 0 Å². The molecule has 0 aliphatic heterocycles. The molecule has 0 unspecified atom stereocenters. The fraction of sp³-hybridized carbons (Fsp3) is 0.364. The number of halogens is 5. The smallest absolute Gasteiger partial charge is 0.379 e. The number of nitrogens with two attached hydrogens (primary N) is 1. The van der Waals surface area contributed by atoms with E-state index in [9.17, 15) is 22.4 Å². The molecule has 1 aromatic rings. The largest absolute Gasteiger partial charge is 0.462 e. The van der Waals surface area contributed by atoms with Gasteiger partial charge in [0.25, 0.3) is 0 Å². The number of ether oxygens (including phenoxy) is 1. The van der Waals surface area contributed by atoms with E-state index in [4.69, 9.17) is 5.73 Å². The Labute approximate surface area is 113 Å². The van der Waals surface area contributed by atoms with Crippen LogP contribution >= 0.6 is 12.4 Å². The third-order valence-electron chi connectivity index (χ3n) is 2.25. The lowest BCUT2D eigenvalue weighted by Crippen LogP contribution is -2.42.